The molecule has 0 radical (unpaired) electrons. The number of benzene rings is 2. The van der Waals surface area contributed by atoms with Crippen molar-refractivity contribution in [2.75, 3.05) is 19.0 Å². The third-order valence-corrected chi connectivity index (χ3v) is 3.72. The fourth-order valence-corrected chi connectivity index (χ4v) is 2.54. The lowest BCUT2D eigenvalue weighted by Gasteiger charge is -2.20. The molecule has 1 unspecified atom stereocenters. The number of methoxy groups -OCH3 is 1. The van der Waals surface area contributed by atoms with Crippen LogP contribution < -0.4 is 10.6 Å². The Balaban J connectivity index is 2.05. The number of ether oxygens (including phenoxy) is 1. The zero-order valence-electron chi connectivity index (χ0n) is 13.9. The molecule has 24 heavy (non-hydrogen) atoms. The first kappa shape index (κ1) is 18.0. The number of nitrogens with one attached hydrogen (secondary N) is 2. The Hall–Kier alpha value is -2.37. The summed E-state index contributed by atoms with van der Waals surface area (Å²) >= 11 is 0. The van der Waals surface area contributed by atoms with Crippen molar-refractivity contribution < 1.29 is 14.6 Å². The molecule has 2 aromatic carbocycles. The third kappa shape index (κ3) is 5.37. The molecule has 0 fully saturated rings. The Labute approximate surface area is 142 Å². The summed E-state index contributed by atoms with van der Waals surface area (Å²) < 4.78 is 5.15. The number of aliphatic hydroxyl groups is 1. The van der Waals surface area contributed by atoms with Crippen LogP contribution in [-0.4, -0.2) is 24.9 Å². The Morgan fingerprint density at radius 3 is 2.54 bits per heavy atom. The molecule has 0 bridgehead atoms. The second-order valence-corrected chi connectivity index (χ2v) is 5.52. The molecule has 0 aliphatic heterocycles. The molecule has 0 aliphatic rings. The van der Waals surface area contributed by atoms with Gasteiger partial charge in [-0.25, -0.2) is 4.79 Å². The molecule has 2 amide bonds. The number of carbonyl (C=O) groups is 1. The molecule has 0 aromatic heterocycles. The maximum absolute atomic E-state index is 12.4. The molecule has 0 spiro atoms. The number of carbonyl (C=O) groups excluding carboxylic acids is 1. The normalized spacial score (nSPS) is 11.8. The average Bonchev–Trinajstić information content (AvgIpc) is 2.61. The van der Waals surface area contributed by atoms with E-state index in [1.807, 2.05) is 54.6 Å². The van der Waals surface area contributed by atoms with Crippen LogP contribution in [-0.2, 0) is 11.3 Å². The third-order valence-electron chi connectivity index (χ3n) is 3.72. The zero-order valence-corrected chi connectivity index (χ0v) is 13.9. The lowest BCUT2D eigenvalue weighted by atomic mass is 10.0. The van der Waals surface area contributed by atoms with E-state index in [2.05, 4.69) is 10.6 Å². The summed E-state index contributed by atoms with van der Waals surface area (Å²) in [5.41, 5.74) is 2.67. The van der Waals surface area contributed by atoms with Gasteiger partial charge in [-0.3, -0.25) is 0 Å². The van der Waals surface area contributed by atoms with Crippen LogP contribution >= 0.6 is 0 Å². The first-order valence-corrected chi connectivity index (χ1v) is 8.04. The van der Waals surface area contributed by atoms with Gasteiger partial charge in [0.1, 0.15) is 0 Å². The number of hydrogen-bond donors (Lipinski definition) is 3. The van der Waals surface area contributed by atoms with Gasteiger partial charge < -0.3 is 20.5 Å². The van der Waals surface area contributed by atoms with Gasteiger partial charge in [-0.15, -0.1) is 0 Å². The summed E-state index contributed by atoms with van der Waals surface area (Å²) in [6, 6.07) is 16.9. The predicted molar refractivity (Wildman–Crippen MR) is 94.8 cm³/mol. The van der Waals surface area contributed by atoms with Crippen molar-refractivity contribution in [3.05, 3.63) is 65.7 Å². The Bertz CT molecular complexity index is 632. The van der Waals surface area contributed by atoms with Crippen molar-refractivity contribution in [2.24, 2.45) is 0 Å². The smallest absolute Gasteiger partial charge is 0.319 e. The summed E-state index contributed by atoms with van der Waals surface area (Å²) in [5.74, 6) is 0. The van der Waals surface area contributed by atoms with Gasteiger partial charge in [0.2, 0.25) is 0 Å². The number of anilines is 1. The minimum absolute atomic E-state index is 0.101. The highest BCUT2D eigenvalue weighted by Gasteiger charge is 2.15. The lowest BCUT2D eigenvalue weighted by molar-refractivity contribution is 0.185. The van der Waals surface area contributed by atoms with Crippen LogP contribution in [0.4, 0.5) is 10.5 Å². The largest absolute Gasteiger partial charge is 0.396 e. The van der Waals surface area contributed by atoms with Crippen molar-refractivity contribution in [3.8, 4) is 0 Å². The lowest BCUT2D eigenvalue weighted by Crippen LogP contribution is -2.33. The van der Waals surface area contributed by atoms with Crippen molar-refractivity contribution in [1.29, 1.82) is 0 Å². The SMILES string of the molecule is COCc1ccccc1NC(=O)NC(CCCO)c1ccccc1. The van der Waals surface area contributed by atoms with Crippen LogP contribution in [0.5, 0.6) is 0 Å². The van der Waals surface area contributed by atoms with Crippen LogP contribution in [0, 0.1) is 0 Å². The van der Waals surface area contributed by atoms with Gasteiger partial charge in [-0.05, 0) is 24.5 Å². The second kappa shape index (κ2) is 9.70. The van der Waals surface area contributed by atoms with E-state index in [1.54, 1.807) is 7.11 Å². The molecule has 128 valence electrons. The molecule has 2 rings (SSSR count). The minimum atomic E-state index is -0.273. The minimum Gasteiger partial charge on any atom is -0.396 e. The van der Waals surface area contributed by atoms with E-state index in [0.717, 1.165) is 16.8 Å². The van der Waals surface area contributed by atoms with E-state index < -0.39 is 0 Å². The fourth-order valence-electron chi connectivity index (χ4n) is 2.54. The van der Waals surface area contributed by atoms with Gasteiger partial charge in [0.05, 0.1) is 12.6 Å². The molecular weight excluding hydrogens is 304 g/mol. The van der Waals surface area contributed by atoms with E-state index >= 15 is 0 Å². The van der Waals surface area contributed by atoms with Gasteiger partial charge in [0.15, 0.2) is 0 Å². The number of para-hydroxylation sites is 1. The van der Waals surface area contributed by atoms with Crippen LogP contribution in [0.1, 0.15) is 30.0 Å². The second-order valence-electron chi connectivity index (χ2n) is 5.52. The van der Waals surface area contributed by atoms with E-state index in [1.165, 1.54) is 0 Å². The van der Waals surface area contributed by atoms with Crippen molar-refractivity contribution in [3.63, 3.8) is 0 Å². The van der Waals surface area contributed by atoms with E-state index in [4.69, 9.17) is 9.84 Å². The van der Waals surface area contributed by atoms with Gasteiger partial charge in [0.25, 0.3) is 0 Å². The van der Waals surface area contributed by atoms with Gasteiger partial charge in [-0.1, -0.05) is 48.5 Å². The molecular formula is C19H24N2O3. The van der Waals surface area contributed by atoms with E-state index in [-0.39, 0.29) is 18.7 Å². The summed E-state index contributed by atoms with van der Waals surface area (Å²) in [5, 5.41) is 14.9. The van der Waals surface area contributed by atoms with E-state index in [9.17, 15) is 4.79 Å². The molecule has 0 heterocycles. The molecule has 1 atom stereocenters. The van der Waals surface area contributed by atoms with Crippen molar-refractivity contribution >= 4 is 11.7 Å². The zero-order chi connectivity index (χ0) is 17.2. The van der Waals surface area contributed by atoms with Gasteiger partial charge >= 0.3 is 6.03 Å². The average molecular weight is 328 g/mol. The molecule has 2 aromatic rings. The molecule has 0 saturated carbocycles. The van der Waals surface area contributed by atoms with Gasteiger partial charge in [-0.2, -0.15) is 0 Å². The quantitative estimate of drug-likeness (QED) is 0.695. The Kier molecular flexibility index (Phi) is 7.26. The van der Waals surface area contributed by atoms with Crippen molar-refractivity contribution in [1.82, 2.24) is 5.32 Å². The highest BCUT2D eigenvalue weighted by molar-refractivity contribution is 5.90. The monoisotopic (exact) mass is 328 g/mol. The Morgan fingerprint density at radius 2 is 1.83 bits per heavy atom. The maximum Gasteiger partial charge on any atom is 0.319 e. The standard InChI is InChI=1S/C19H24N2O3/c1-24-14-16-10-5-6-11-18(16)21-19(23)20-17(12-7-13-22)15-8-3-2-4-9-15/h2-6,8-11,17,22H,7,12-14H2,1H3,(H2,20,21,23). The number of hydrogen-bond acceptors (Lipinski definition) is 3. The maximum atomic E-state index is 12.4. The highest BCUT2D eigenvalue weighted by Crippen LogP contribution is 2.20. The molecule has 5 heteroatoms. The van der Waals surface area contributed by atoms with E-state index in [0.29, 0.717) is 19.4 Å². The first-order chi connectivity index (χ1) is 11.7. The van der Waals surface area contributed by atoms with Crippen LogP contribution in [0.2, 0.25) is 0 Å². The highest BCUT2D eigenvalue weighted by atomic mass is 16.5. The van der Waals surface area contributed by atoms with Crippen LogP contribution in [0.3, 0.4) is 0 Å². The summed E-state index contributed by atoms with van der Waals surface area (Å²) in [6.07, 6.45) is 1.30. The molecule has 0 aliphatic carbocycles. The predicted octanol–water partition coefficient (Wildman–Crippen LogP) is 3.47. The summed E-state index contributed by atoms with van der Waals surface area (Å²) in [4.78, 5) is 12.4. The van der Waals surface area contributed by atoms with Crippen molar-refractivity contribution in [2.45, 2.75) is 25.5 Å². The summed E-state index contributed by atoms with van der Waals surface area (Å²) in [7, 11) is 1.62. The van der Waals surface area contributed by atoms with Crippen LogP contribution in [0.15, 0.2) is 54.6 Å². The molecule has 0 saturated heterocycles. The number of aliphatic hydroxyl groups excluding tert-OH is 1. The number of rotatable bonds is 8. The first-order valence-electron chi connectivity index (χ1n) is 8.04. The molecule has 3 N–H and O–H groups in total. The topological polar surface area (TPSA) is 70.6 Å². The molecule has 5 nitrogen and oxygen atoms in total. The number of urea groups is 1. The van der Waals surface area contributed by atoms with Crippen LogP contribution in [0.25, 0.3) is 0 Å². The fraction of sp³-hybridized carbons (Fsp3) is 0.316. The number of amides is 2. The van der Waals surface area contributed by atoms with Gasteiger partial charge in [0, 0.05) is 25.0 Å². The summed E-state index contributed by atoms with van der Waals surface area (Å²) in [6.45, 7) is 0.534. The Morgan fingerprint density at radius 1 is 1.12 bits per heavy atom.